The molecule has 1 aromatic heterocycles. The van der Waals surface area contributed by atoms with Gasteiger partial charge in [0.2, 0.25) is 0 Å². The number of nitrogens with zero attached hydrogens (tertiary/aromatic N) is 5. The number of azo groups is 2. The Balaban J connectivity index is 1.66. The summed E-state index contributed by atoms with van der Waals surface area (Å²) in [6.07, 6.45) is 4.24. The molecule has 0 amide bonds. The van der Waals surface area contributed by atoms with Gasteiger partial charge in [-0.25, -0.2) is 4.68 Å². The van der Waals surface area contributed by atoms with Crippen LogP contribution in [0.5, 0.6) is 0 Å². The van der Waals surface area contributed by atoms with Gasteiger partial charge in [0.15, 0.2) is 11.5 Å². The van der Waals surface area contributed by atoms with E-state index < -0.39 is 5.54 Å². The number of nitrogens with one attached hydrogen (secondary N) is 1. The zero-order valence-corrected chi connectivity index (χ0v) is 26.1. The van der Waals surface area contributed by atoms with E-state index in [1.807, 2.05) is 63.2 Å². The lowest BCUT2D eigenvalue weighted by molar-refractivity contribution is 0.0980. The molecule has 0 atom stereocenters. The number of Topliss-reactive ketones (excluding diaryl/α,β-unsaturated/α-hetero) is 1. The highest BCUT2D eigenvalue weighted by molar-refractivity contribution is 6.01. The van der Waals surface area contributed by atoms with Crippen molar-refractivity contribution >= 4 is 28.5 Å². The monoisotopic (exact) mass is 578 g/mol. The van der Waals surface area contributed by atoms with Crippen LogP contribution in [0.4, 0.5) is 22.7 Å². The van der Waals surface area contributed by atoms with E-state index in [2.05, 4.69) is 58.5 Å². The van der Waals surface area contributed by atoms with Gasteiger partial charge >= 0.3 is 0 Å². The van der Waals surface area contributed by atoms with Crippen LogP contribution in [0.3, 0.4) is 0 Å². The van der Waals surface area contributed by atoms with Crippen molar-refractivity contribution in [1.29, 1.82) is 0 Å². The van der Waals surface area contributed by atoms with Gasteiger partial charge in [0.1, 0.15) is 0 Å². The highest BCUT2D eigenvalue weighted by Crippen LogP contribution is 2.32. The first-order valence-corrected chi connectivity index (χ1v) is 15.1. The van der Waals surface area contributed by atoms with E-state index >= 15 is 0 Å². The molecule has 0 saturated carbocycles. The highest BCUT2D eigenvalue weighted by Gasteiger charge is 2.23. The van der Waals surface area contributed by atoms with Gasteiger partial charge < -0.3 is 0 Å². The largest absolute Gasteiger partial charge is 0.295 e. The summed E-state index contributed by atoms with van der Waals surface area (Å²) in [6.45, 7) is 12.3. The summed E-state index contributed by atoms with van der Waals surface area (Å²) in [7, 11) is 0. The lowest BCUT2D eigenvalue weighted by atomic mass is 10.0. The second kappa shape index (κ2) is 14.1. The Labute approximate surface area is 254 Å². The van der Waals surface area contributed by atoms with Crippen LogP contribution in [0, 0.1) is 5.92 Å². The molecular formula is C35H42N6O2. The number of unbranched alkanes of at least 4 members (excludes halogenated alkanes) is 1. The Kier molecular flexibility index (Phi) is 10.3. The second-order valence-electron chi connectivity index (χ2n) is 12.2. The lowest BCUT2D eigenvalue weighted by Gasteiger charge is -2.19. The first-order valence-electron chi connectivity index (χ1n) is 15.1. The molecule has 0 saturated heterocycles. The first-order chi connectivity index (χ1) is 20.6. The molecule has 0 fully saturated rings. The van der Waals surface area contributed by atoms with Crippen LogP contribution in [0.1, 0.15) is 83.1 Å². The minimum Gasteiger partial charge on any atom is -0.294 e. The van der Waals surface area contributed by atoms with Crippen LogP contribution in [0.25, 0.3) is 11.3 Å². The van der Waals surface area contributed by atoms with E-state index in [-0.39, 0.29) is 17.0 Å². The molecule has 8 nitrogen and oxygen atoms in total. The number of hydrogen-bond acceptors (Lipinski definition) is 6. The Morgan fingerprint density at radius 1 is 0.884 bits per heavy atom. The van der Waals surface area contributed by atoms with Crippen LogP contribution in [-0.2, 0) is 12.0 Å². The fourth-order valence-electron chi connectivity index (χ4n) is 4.57. The molecule has 3 aromatic carbocycles. The van der Waals surface area contributed by atoms with Crippen molar-refractivity contribution in [3.8, 4) is 11.3 Å². The van der Waals surface area contributed by atoms with Crippen LogP contribution < -0.4 is 5.56 Å². The molecule has 0 aliphatic heterocycles. The van der Waals surface area contributed by atoms with Gasteiger partial charge in [0.05, 0.1) is 28.3 Å². The van der Waals surface area contributed by atoms with Crippen molar-refractivity contribution in [1.82, 2.24) is 9.78 Å². The van der Waals surface area contributed by atoms with E-state index in [1.165, 1.54) is 5.56 Å². The van der Waals surface area contributed by atoms with Crippen LogP contribution in [0.2, 0.25) is 0 Å². The molecular weight excluding hydrogens is 536 g/mol. The van der Waals surface area contributed by atoms with Gasteiger partial charge in [-0.15, -0.1) is 10.2 Å². The lowest BCUT2D eigenvalue weighted by Crippen LogP contribution is -2.32. The topological polar surface area (TPSA) is 104 Å². The highest BCUT2D eigenvalue weighted by atomic mass is 16.1. The van der Waals surface area contributed by atoms with Gasteiger partial charge in [0, 0.05) is 17.5 Å². The van der Waals surface area contributed by atoms with Gasteiger partial charge in [0.25, 0.3) is 5.56 Å². The molecule has 43 heavy (non-hydrogen) atoms. The molecule has 0 aliphatic carbocycles. The molecule has 8 heteroatoms. The third kappa shape index (κ3) is 8.31. The Hall–Kier alpha value is -4.46. The SMILES string of the molecule is CCCCC(=O)c1cc(N=Nc2c(-c3ccccc3)[nH]n(C(C)(C)C)c2=O)ccc1N=Nc1ccc(CCC(C)C)cc1. The minimum atomic E-state index is -0.478. The summed E-state index contributed by atoms with van der Waals surface area (Å²) in [4.78, 5) is 26.6. The molecule has 0 spiro atoms. The Morgan fingerprint density at radius 2 is 1.56 bits per heavy atom. The van der Waals surface area contributed by atoms with Crippen molar-refractivity contribution in [3.05, 3.63) is 94.3 Å². The number of aryl methyl sites for hydroxylation is 1. The maximum atomic E-state index is 13.4. The number of carbonyl (C=O) groups excluding carboxylic acids is 1. The van der Waals surface area contributed by atoms with Gasteiger partial charge in [-0.2, -0.15) is 10.2 Å². The maximum absolute atomic E-state index is 13.4. The van der Waals surface area contributed by atoms with Crippen molar-refractivity contribution in [2.24, 2.45) is 26.4 Å². The normalized spacial score (nSPS) is 12.2. The molecule has 1 heterocycles. The standard InChI is InChI=1S/C35H42N6O2/c1-7-8-14-31(42)29-23-28(21-22-30(29)38-36-27-19-17-25(18-20-27)16-15-24(2)3)37-39-33-32(26-12-10-9-11-13-26)40-41(34(33)43)35(4,5)6/h9-13,17-24,40H,7-8,14-16H2,1-6H3. The first kappa shape index (κ1) is 31.5. The number of aromatic nitrogens is 2. The number of ketones is 1. The van der Waals surface area contributed by atoms with Crippen molar-refractivity contribution in [2.75, 3.05) is 0 Å². The summed E-state index contributed by atoms with van der Waals surface area (Å²) in [5, 5.41) is 20.9. The fourth-order valence-corrected chi connectivity index (χ4v) is 4.57. The maximum Gasteiger partial charge on any atom is 0.295 e. The molecule has 4 aromatic rings. The summed E-state index contributed by atoms with van der Waals surface area (Å²) < 4.78 is 1.56. The van der Waals surface area contributed by atoms with E-state index in [0.717, 1.165) is 36.9 Å². The summed E-state index contributed by atoms with van der Waals surface area (Å²) in [5.41, 5.74) is 4.24. The van der Waals surface area contributed by atoms with Crippen molar-refractivity contribution < 1.29 is 4.79 Å². The quantitative estimate of drug-likeness (QED) is 0.133. The third-order valence-electron chi connectivity index (χ3n) is 7.12. The van der Waals surface area contributed by atoms with E-state index in [4.69, 9.17) is 0 Å². The molecule has 224 valence electrons. The molecule has 0 unspecified atom stereocenters. The fraction of sp³-hybridized carbons (Fsp3) is 0.371. The van der Waals surface area contributed by atoms with Crippen molar-refractivity contribution in [2.45, 2.75) is 79.2 Å². The number of H-pyrrole nitrogens is 1. The Bertz CT molecular complexity index is 1640. The van der Waals surface area contributed by atoms with E-state index in [9.17, 15) is 9.59 Å². The van der Waals surface area contributed by atoms with Gasteiger partial charge in [-0.1, -0.05) is 69.7 Å². The minimum absolute atomic E-state index is 0.0291. The number of carbonyl (C=O) groups is 1. The molecule has 0 radical (unpaired) electrons. The average molecular weight is 579 g/mol. The molecule has 0 bridgehead atoms. The predicted octanol–water partition coefficient (Wildman–Crippen LogP) is 10.4. The summed E-state index contributed by atoms with van der Waals surface area (Å²) in [6, 6.07) is 22.8. The Morgan fingerprint density at radius 3 is 2.21 bits per heavy atom. The van der Waals surface area contributed by atoms with Crippen molar-refractivity contribution in [3.63, 3.8) is 0 Å². The number of benzene rings is 3. The molecule has 0 aliphatic rings. The zero-order chi connectivity index (χ0) is 31.0. The van der Waals surface area contributed by atoms with E-state index in [0.29, 0.717) is 35.0 Å². The summed E-state index contributed by atoms with van der Waals surface area (Å²) >= 11 is 0. The zero-order valence-electron chi connectivity index (χ0n) is 26.1. The molecule has 4 rings (SSSR count). The second-order valence-corrected chi connectivity index (χ2v) is 12.2. The number of hydrogen-bond donors (Lipinski definition) is 1. The van der Waals surface area contributed by atoms with E-state index in [1.54, 1.807) is 22.9 Å². The number of rotatable bonds is 12. The predicted molar refractivity (Wildman–Crippen MR) is 174 cm³/mol. The van der Waals surface area contributed by atoms with Gasteiger partial charge in [-0.3, -0.25) is 14.7 Å². The molecule has 1 N–H and O–H groups in total. The van der Waals surface area contributed by atoms with Crippen LogP contribution >= 0.6 is 0 Å². The van der Waals surface area contributed by atoms with Crippen LogP contribution in [-0.4, -0.2) is 15.6 Å². The third-order valence-corrected chi connectivity index (χ3v) is 7.12. The average Bonchev–Trinajstić information content (AvgIpc) is 3.34. The number of aromatic amines is 1. The smallest absolute Gasteiger partial charge is 0.294 e. The van der Waals surface area contributed by atoms with Crippen LogP contribution in [0.15, 0.2) is 98.0 Å². The summed E-state index contributed by atoms with van der Waals surface area (Å²) in [5.74, 6) is 0.625. The van der Waals surface area contributed by atoms with Gasteiger partial charge in [-0.05, 0) is 81.8 Å².